The molecule has 0 saturated carbocycles. The topological polar surface area (TPSA) is 170 Å². The van der Waals surface area contributed by atoms with Crippen LogP contribution in [-0.2, 0) is 52.9 Å². The van der Waals surface area contributed by atoms with Crippen LogP contribution >= 0.6 is 0 Å². The maximum atomic E-state index is 12.0. The van der Waals surface area contributed by atoms with Crippen LogP contribution in [0.1, 0.15) is 27.7 Å². The molecule has 5 atom stereocenters. The van der Waals surface area contributed by atoms with Crippen molar-refractivity contribution in [1.29, 1.82) is 0 Å². The van der Waals surface area contributed by atoms with Gasteiger partial charge in [0.25, 0.3) is 0 Å². The summed E-state index contributed by atoms with van der Waals surface area (Å²) in [4.78, 5) is 47.4. The van der Waals surface area contributed by atoms with Crippen LogP contribution in [0.2, 0.25) is 0 Å². The molecular formula is C27H31NO12S. The van der Waals surface area contributed by atoms with Crippen molar-refractivity contribution in [2.75, 3.05) is 13.7 Å². The maximum absolute atomic E-state index is 12.0. The van der Waals surface area contributed by atoms with Gasteiger partial charge < -0.3 is 28.4 Å². The summed E-state index contributed by atoms with van der Waals surface area (Å²) in [7, 11) is -2.25. The van der Waals surface area contributed by atoms with Crippen LogP contribution in [-0.4, -0.2) is 76.7 Å². The van der Waals surface area contributed by atoms with Gasteiger partial charge in [-0.3, -0.25) is 19.2 Å². The predicted octanol–water partition coefficient (Wildman–Crippen LogP) is 1.72. The minimum atomic E-state index is -3.58. The predicted molar refractivity (Wildman–Crippen MR) is 141 cm³/mol. The highest BCUT2D eigenvalue weighted by Gasteiger charge is 2.53. The summed E-state index contributed by atoms with van der Waals surface area (Å²) in [6.45, 7) is 4.19. The molecule has 1 heterocycles. The van der Waals surface area contributed by atoms with Crippen molar-refractivity contribution in [3.8, 4) is 16.9 Å². The SMILES string of the molecule is CNS(=O)(=O)c1ccc(-c2ccc(O[C@@H]3O[C@H](COC(C)=O)[C@@H](OC(C)=O)[C@H](OC(C)=O)[C@@H]3OC(C)=O)cc2)cc1. The van der Waals surface area contributed by atoms with Crippen molar-refractivity contribution in [3.05, 3.63) is 48.5 Å². The van der Waals surface area contributed by atoms with Crippen molar-refractivity contribution in [3.63, 3.8) is 0 Å². The molecule has 1 fully saturated rings. The Morgan fingerprint density at radius 2 is 1.22 bits per heavy atom. The van der Waals surface area contributed by atoms with Gasteiger partial charge in [-0.05, 0) is 42.4 Å². The molecule has 0 unspecified atom stereocenters. The van der Waals surface area contributed by atoms with E-state index in [0.717, 1.165) is 31.9 Å². The van der Waals surface area contributed by atoms with E-state index < -0.39 is 64.6 Å². The molecule has 13 nitrogen and oxygen atoms in total. The molecule has 0 aliphatic carbocycles. The van der Waals surface area contributed by atoms with E-state index in [1.54, 1.807) is 36.4 Å². The number of benzene rings is 2. The first kappa shape index (κ1) is 31.5. The summed E-state index contributed by atoms with van der Waals surface area (Å²) in [5.74, 6) is -2.61. The molecule has 14 heteroatoms. The third kappa shape index (κ3) is 8.49. The highest BCUT2D eigenvalue weighted by atomic mass is 32.2. The zero-order chi connectivity index (χ0) is 30.3. The minimum Gasteiger partial charge on any atom is -0.463 e. The average Bonchev–Trinajstić information content (AvgIpc) is 2.90. The van der Waals surface area contributed by atoms with Gasteiger partial charge in [0, 0.05) is 27.7 Å². The van der Waals surface area contributed by atoms with E-state index in [1.807, 2.05) is 0 Å². The van der Waals surface area contributed by atoms with Crippen molar-refractivity contribution in [2.24, 2.45) is 0 Å². The maximum Gasteiger partial charge on any atom is 0.303 e. The zero-order valence-corrected chi connectivity index (χ0v) is 23.8. The first-order chi connectivity index (χ1) is 19.3. The van der Waals surface area contributed by atoms with Crippen molar-refractivity contribution in [1.82, 2.24) is 4.72 Å². The molecule has 1 aliphatic rings. The smallest absolute Gasteiger partial charge is 0.303 e. The first-order valence-corrected chi connectivity index (χ1v) is 13.9. The Morgan fingerprint density at radius 3 is 1.71 bits per heavy atom. The second-order valence-electron chi connectivity index (χ2n) is 8.94. The molecule has 0 spiro atoms. The Kier molecular flexibility index (Phi) is 10.4. The molecule has 1 aliphatic heterocycles. The van der Waals surface area contributed by atoms with Crippen molar-refractivity contribution >= 4 is 33.9 Å². The number of carbonyl (C=O) groups is 4. The minimum absolute atomic E-state index is 0.118. The van der Waals surface area contributed by atoms with Gasteiger partial charge in [0.05, 0.1) is 4.90 Å². The second kappa shape index (κ2) is 13.6. The molecule has 1 N–H and O–H groups in total. The van der Waals surface area contributed by atoms with Gasteiger partial charge in [-0.15, -0.1) is 0 Å². The van der Waals surface area contributed by atoms with E-state index in [2.05, 4.69) is 4.72 Å². The largest absolute Gasteiger partial charge is 0.463 e. The summed E-state index contributed by atoms with van der Waals surface area (Å²) < 4.78 is 59.3. The number of carbonyl (C=O) groups excluding carboxylic acids is 4. The fourth-order valence-electron chi connectivity index (χ4n) is 4.09. The average molecular weight is 594 g/mol. The second-order valence-corrected chi connectivity index (χ2v) is 10.8. The lowest BCUT2D eigenvalue weighted by atomic mass is 9.98. The van der Waals surface area contributed by atoms with Crippen LogP contribution in [0.4, 0.5) is 0 Å². The van der Waals surface area contributed by atoms with E-state index in [9.17, 15) is 27.6 Å². The van der Waals surface area contributed by atoms with Gasteiger partial charge in [-0.2, -0.15) is 0 Å². The highest BCUT2D eigenvalue weighted by molar-refractivity contribution is 7.89. The number of rotatable bonds is 10. The quantitative estimate of drug-likeness (QED) is 0.313. The molecule has 3 rings (SSSR count). The van der Waals surface area contributed by atoms with Gasteiger partial charge in [0.2, 0.25) is 22.4 Å². The molecule has 41 heavy (non-hydrogen) atoms. The lowest BCUT2D eigenvalue weighted by molar-refractivity contribution is -0.288. The number of sulfonamides is 1. The van der Waals surface area contributed by atoms with Crippen LogP contribution in [0.5, 0.6) is 5.75 Å². The molecule has 2 aromatic rings. The third-order valence-corrected chi connectivity index (χ3v) is 7.25. The Labute approximate surface area is 237 Å². The van der Waals surface area contributed by atoms with Crippen molar-refractivity contribution in [2.45, 2.75) is 63.3 Å². The summed E-state index contributed by atoms with van der Waals surface area (Å²) in [5.41, 5.74) is 1.48. The van der Waals surface area contributed by atoms with Crippen molar-refractivity contribution < 1.29 is 56.0 Å². The number of ether oxygens (including phenoxy) is 6. The lowest BCUT2D eigenvalue weighted by Crippen LogP contribution is -2.63. The van der Waals surface area contributed by atoms with Crippen LogP contribution in [0.25, 0.3) is 11.1 Å². The Balaban J connectivity index is 1.90. The van der Waals surface area contributed by atoms with Gasteiger partial charge in [-0.1, -0.05) is 24.3 Å². The summed E-state index contributed by atoms with van der Waals surface area (Å²) in [6, 6.07) is 12.9. The number of hydrogen-bond donors (Lipinski definition) is 1. The van der Waals surface area contributed by atoms with E-state index in [-0.39, 0.29) is 17.3 Å². The first-order valence-electron chi connectivity index (χ1n) is 12.4. The molecule has 0 amide bonds. The number of esters is 4. The van der Waals surface area contributed by atoms with Gasteiger partial charge in [0.1, 0.15) is 18.5 Å². The normalized spacial score (nSPS) is 22.2. The van der Waals surface area contributed by atoms with Crippen LogP contribution in [0.15, 0.2) is 53.4 Å². The molecule has 0 radical (unpaired) electrons. The zero-order valence-electron chi connectivity index (χ0n) is 23.0. The van der Waals surface area contributed by atoms with E-state index in [1.165, 1.54) is 26.1 Å². The van der Waals surface area contributed by atoms with E-state index in [4.69, 9.17) is 28.4 Å². The Bertz CT molecular complexity index is 1360. The summed E-state index contributed by atoms with van der Waals surface area (Å²) in [6.07, 6.45) is -6.53. The Morgan fingerprint density at radius 1 is 0.732 bits per heavy atom. The van der Waals surface area contributed by atoms with Gasteiger partial charge in [0.15, 0.2) is 12.2 Å². The molecule has 0 aromatic heterocycles. The fraction of sp³-hybridized carbons (Fsp3) is 0.407. The van der Waals surface area contributed by atoms with Crippen LogP contribution < -0.4 is 9.46 Å². The van der Waals surface area contributed by atoms with E-state index in [0.29, 0.717) is 0 Å². The molecular weight excluding hydrogens is 562 g/mol. The summed E-state index contributed by atoms with van der Waals surface area (Å²) >= 11 is 0. The molecule has 222 valence electrons. The standard InChI is InChI=1S/C27H31NO12S/c1-15(29)35-14-23-24(36-16(2)30)25(37-17(3)31)26(38-18(4)32)27(40-23)39-21-10-6-19(7-11-21)20-8-12-22(13-9-20)41(33,34)28-5/h6-13,23-28H,14H2,1-5H3/t23-,24-,25+,26+,27-/m1/s1. The monoisotopic (exact) mass is 593 g/mol. The third-order valence-electron chi connectivity index (χ3n) is 5.82. The number of hydrogen-bond acceptors (Lipinski definition) is 12. The van der Waals surface area contributed by atoms with Gasteiger partial charge in [-0.25, -0.2) is 13.1 Å². The van der Waals surface area contributed by atoms with Crippen LogP contribution in [0, 0.1) is 0 Å². The van der Waals surface area contributed by atoms with E-state index >= 15 is 0 Å². The highest BCUT2D eigenvalue weighted by Crippen LogP contribution is 2.32. The van der Waals surface area contributed by atoms with Crippen LogP contribution in [0.3, 0.4) is 0 Å². The fourth-order valence-corrected chi connectivity index (χ4v) is 4.82. The Hall–Kier alpha value is -4.01. The molecule has 2 aromatic carbocycles. The lowest BCUT2D eigenvalue weighted by Gasteiger charge is -2.43. The number of nitrogens with one attached hydrogen (secondary N) is 1. The molecule has 1 saturated heterocycles. The molecule has 0 bridgehead atoms. The summed E-state index contributed by atoms with van der Waals surface area (Å²) in [5, 5.41) is 0. The van der Waals surface area contributed by atoms with Gasteiger partial charge >= 0.3 is 23.9 Å².